The summed E-state index contributed by atoms with van der Waals surface area (Å²) in [5.41, 5.74) is 1.85. The number of para-hydroxylation sites is 1. The van der Waals surface area contributed by atoms with Gasteiger partial charge in [-0.1, -0.05) is 18.2 Å². The van der Waals surface area contributed by atoms with Crippen molar-refractivity contribution < 1.29 is 8.76 Å². The number of benzene rings is 1. The van der Waals surface area contributed by atoms with Crippen molar-refractivity contribution in [1.29, 1.82) is 0 Å². The lowest BCUT2D eigenvalue weighted by molar-refractivity contribution is 0.549. The van der Waals surface area contributed by atoms with Gasteiger partial charge in [0, 0.05) is 18.1 Å². The summed E-state index contributed by atoms with van der Waals surface area (Å²) in [5, 5.41) is 0.998. The van der Waals surface area contributed by atoms with Gasteiger partial charge in [0.25, 0.3) is 0 Å². The Morgan fingerprint density at radius 2 is 2.13 bits per heavy atom. The minimum absolute atomic E-state index is 0.353. The Bertz CT molecular complexity index is 496. The molecule has 0 fully saturated rings. The van der Waals surface area contributed by atoms with E-state index in [2.05, 4.69) is 9.71 Å². The largest absolute Gasteiger partial charge is 0.294 e. The number of rotatable bonds is 3. The minimum Gasteiger partial charge on any atom is -0.294 e. The van der Waals surface area contributed by atoms with Gasteiger partial charge in [-0.2, -0.15) is 0 Å². The van der Waals surface area contributed by atoms with E-state index in [1.807, 2.05) is 30.3 Å². The second-order valence-electron chi connectivity index (χ2n) is 3.06. The zero-order valence-electron chi connectivity index (χ0n) is 7.88. The molecule has 2 rings (SSSR count). The molecule has 2 aromatic rings. The maximum absolute atomic E-state index is 10.5. The lowest BCUT2D eigenvalue weighted by Crippen LogP contribution is -2.15. The summed E-state index contributed by atoms with van der Waals surface area (Å²) in [5.74, 6) is 0. The van der Waals surface area contributed by atoms with Crippen molar-refractivity contribution in [2.45, 2.75) is 6.54 Å². The van der Waals surface area contributed by atoms with Crippen LogP contribution in [-0.2, 0) is 17.8 Å². The van der Waals surface area contributed by atoms with Crippen molar-refractivity contribution in [1.82, 2.24) is 9.71 Å². The van der Waals surface area contributed by atoms with E-state index < -0.39 is 11.3 Å². The highest BCUT2D eigenvalue weighted by Gasteiger charge is 2.01. The molecule has 1 atom stereocenters. The molecule has 0 spiro atoms. The number of fused-ring (bicyclic) bond motifs is 1. The minimum atomic E-state index is -1.98. The molecule has 1 heterocycles. The van der Waals surface area contributed by atoms with Crippen LogP contribution >= 0.6 is 0 Å². The predicted octanol–water partition coefficient (Wildman–Crippen LogP) is 1.46. The van der Waals surface area contributed by atoms with Crippen LogP contribution in [0, 0.1) is 0 Å². The standard InChI is InChI=1S/C10H10N2O2S/c13-15(14)12-7-8-5-6-11-10-4-2-1-3-9(8)10/h1-6,12H,7H2,(H,13,14). The van der Waals surface area contributed by atoms with Crippen LogP contribution in [0.4, 0.5) is 0 Å². The van der Waals surface area contributed by atoms with Gasteiger partial charge in [-0.25, -0.2) is 8.93 Å². The molecule has 0 aliphatic heterocycles. The maximum atomic E-state index is 10.5. The molecule has 5 heteroatoms. The zero-order chi connectivity index (χ0) is 10.7. The first kappa shape index (κ1) is 10.2. The van der Waals surface area contributed by atoms with Crippen molar-refractivity contribution >= 4 is 22.2 Å². The van der Waals surface area contributed by atoms with Crippen molar-refractivity contribution in [2.24, 2.45) is 0 Å². The third-order valence-corrected chi connectivity index (χ3v) is 2.52. The molecule has 1 aromatic carbocycles. The van der Waals surface area contributed by atoms with Gasteiger partial charge in [0.2, 0.25) is 11.3 Å². The first-order valence-corrected chi connectivity index (χ1v) is 5.55. The highest BCUT2D eigenvalue weighted by atomic mass is 32.2. The van der Waals surface area contributed by atoms with Crippen LogP contribution in [0.5, 0.6) is 0 Å². The molecular formula is C10H10N2O2S. The first-order chi connectivity index (χ1) is 7.27. The average molecular weight is 222 g/mol. The van der Waals surface area contributed by atoms with Crippen LogP contribution in [0.15, 0.2) is 36.5 Å². The Hall–Kier alpha value is -1.30. The molecule has 78 valence electrons. The predicted molar refractivity (Wildman–Crippen MR) is 59.4 cm³/mol. The fourth-order valence-electron chi connectivity index (χ4n) is 1.45. The van der Waals surface area contributed by atoms with E-state index in [0.717, 1.165) is 16.5 Å². The van der Waals surface area contributed by atoms with E-state index in [-0.39, 0.29) is 0 Å². The van der Waals surface area contributed by atoms with Crippen LogP contribution in [0.25, 0.3) is 10.9 Å². The number of nitrogens with one attached hydrogen (secondary N) is 1. The number of hydrogen-bond acceptors (Lipinski definition) is 2. The molecule has 4 nitrogen and oxygen atoms in total. The SMILES string of the molecule is O=S(O)NCc1ccnc2ccccc12. The second kappa shape index (κ2) is 4.48. The topological polar surface area (TPSA) is 62.2 Å². The van der Waals surface area contributed by atoms with Crippen molar-refractivity contribution in [3.05, 3.63) is 42.1 Å². The summed E-state index contributed by atoms with van der Waals surface area (Å²) >= 11 is -1.98. The molecule has 1 unspecified atom stereocenters. The molecule has 0 aliphatic carbocycles. The van der Waals surface area contributed by atoms with E-state index in [1.165, 1.54) is 0 Å². The molecular weight excluding hydrogens is 212 g/mol. The fourth-order valence-corrected chi connectivity index (χ4v) is 1.73. The second-order valence-corrected chi connectivity index (χ2v) is 3.84. The molecule has 2 N–H and O–H groups in total. The summed E-state index contributed by atoms with van der Waals surface area (Å²) in [4.78, 5) is 4.20. The molecule has 15 heavy (non-hydrogen) atoms. The van der Waals surface area contributed by atoms with E-state index >= 15 is 0 Å². The quantitative estimate of drug-likeness (QED) is 0.773. The summed E-state index contributed by atoms with van der Waals surface area (Å²) in [7, 11) is 0. The van der Waals surface area contributed by atoms with Gasteiger partial charge >= 0.3 is 0 Å². The lowest BCUT2D eigenvalue weighted by atomic mass is 10.1. The fraction of sp³-hybridized carbons (Fsp3) is 0.100. The Kier molecular flexibility index (Phi) is 3.05. The van der Waals surface area contributed by atoms with Crippen molar-refractivity contribution in [2.75, 3.05) is 0 Å². The van der Waals surface area contributed by atoms with E-state index in [1.54, 1.807) is 6.20 Å². The van der Waals surface area contributed by atoms with Crippen molar-refractivity contribution in [3.8, 4) is 0 Å². The number of aromatic nitrogens is 1. The van der Waals surface area contributed by atoms with Gasteiger partial charge in [-0.15, -0.1) is 0 Å². The molecule has 0 aliphatic rings. The van der Waals surface area contributed by atoms with Gasteiger partial charge in [-0.3, -0.25) is 9.54 Å². The van der Waals surface area contributed by atoms with Crippen LogP contribution in [0.2, 0.25) is 0 Å². The zero-order valence-corrected chi connectivity index (χ0v) is 8.70. The number of hydrogen-bond donors (Lipinski definition) is 2. The maximum Gasteiger partial charge on any atom is 0.232 e. The normalized spacial score (nSPS) is 12.9. The summed E-state index contributed by atoms with van der Waals surface area (Å²) in [6.07, 6.45) is 1.69. The van der Waals surface area contributed by atoms with E-state index in [0.29, 0.717) is 6.54 Å². The summed E-state index contributed by atoms with van der Waals surface area (Å²) in [6.45, 7) is 0.353. The van der Waals surface area contributed by atoms with Gasteiger partial charge in [0.1, 0.15) is 0 Å². The third-order valence-electron chi connectivity index (χ3n) is 2.13. The Morgan fingerprint density at radius 3 is 2.93 bits per heavy atom. The first-order valence-electron chi connectivity index (χ1n) is 4.44. The van der Waals surface area contributed by atoms with Crippen LogP contribution in [-0.4, -0.2) is 13.7 Å². The third kappa shape index (κ3) is 2.38. The van der Waals surface area contributed by atoms with E-state index in [9.17, 15) is 4.21 Å². The van der Waals surface area contributed by atoms with Gasteiger partial charge in [-0.05, 0) is 17.7 Å². The van der Waals surface area contributed by atoms with Gasteiger partial charge in [0.05, 0.1) is 5.52 Å². The highest BCUT2D eigenvalue weighted by molar-refractivity contribution is 7.77. The van der Waals surface area contributed by atoms with Crippen LogP contribution in [0.1, 0.15) is 5.56 Å². The summed E-state index contributed by atoms with van der Waals surface area (Å²) < 4.78 is 21.6. The number of nitrogens with zero attached hydrogens (tertiary/aromatic N) is 1. The van der Waals surface area contributed by atoms with Gasteiger partial charge < -0.3 is 0 Å². The monoisotopic (exact) mass is 222 g/mol. The molecule has 0 bridgehead atoms. The van der Waals surface area contributed by atoms with Gasteiger partial charge in [0.15, 0.2) is 0 Å². The Morgan fingerprint density at radius 1 is 1.33 bits per heavy atom. The van der Waals surface area contributed by atoms with Crippen LogP contribution < -0.4 is 4.72 Å². The molecule has 0 saturated carbocycles. The number of pyridine rings is 1. The average Bonchev–Trinajstić information content (AvgIpc) is 2.26. The van der Waals surface area contributed by atoms with E-state index in [4.69, 9.17) is 4.55 Å². The molecule has 1 aromatic heterocycles. The molecule has 0 amide bonds. The smallest absolute Gasteiger partial charge is 0.232 e. The van der Waals surface area contributed by atoms with Crippen molar-refractivity contribution in [3.63, 3.8) is 0 Å². The lowest BCUT2D eigenvalue weighted by Gasteiger charge is -2.04. The highest BCUT2D eigenvalue weighted by Crippen LogP contribution is 2.15. The Labute approximate surface area is 89.8 Å². The molecule has 0 radical (unpaired) electrons. The Balaban J connectivity index is 2.38. The summed E-state index contributed by atoms with van der Waals surface area (Å²) in [6, 6.07) is 9.52. The van der Waals surface area contributed by atoms with Crippen LogP contribution in [0.3, 0.4) is 0 Å². The molecule has 0 saturated heterocycles.